The zero-order valence-electron chi connectivity index (χ0n) is 11.7. The van der Waals surface area contributed by atoms with Crippen LogP contribution in [0.3, 0.4) is 0 Å². The van der Waals surface area contributed by atoms with Gasteiger partial charge in [0.25, 0.3) is 0 Å². The Labute approximate surface area is 120 Å². The average molecular weight is 309 g/mol. The van der Waals surface area contributed by atoms with E-state index in [2.05, 4.69) is 4.65 Å². The van der Waals surface area contributed by atoms with Gasteiger partial charge >= 0.3 is 7.32 Å². The molecule has 0 aliphatic rings. The molecule has 0 heterocycles. The van der Waals surface area contributed by atoms with Gasteiger partial charge in [0.1, 0.15) is 5.69 Å². The van der Waals surface area contributed by atoms with Crippen LogP contribution in [0.5, 0.6) is 5.75 Å². The van der Waals surface area contributed by atoms with E-state index in [-0.39, 0.29) is 13.1 Å². The Balaban J connectivity index is 3.40. The maximum Gasteiger partial charge on any atom is 0.707 e. The minimum absolute atomic E-state index is 0.212. The monoisotopic (exact) mass is 309 g/mol. The highest BCUT2D eigenvalue weighted by molar-refractivity contribution is 6.33. The largest absolute Gasteiger partial charge is 0.707 e. The fraction of sp³-hybridized carbons (Fsp3) is 0.500. The summed E-state index contributed by atoms with van der Waals surface area (Å²) in [5.41, 5.74) is -0.825. The van der Waals surface area contributed by atoms with Crippen LogP contribution in [-0.4, -0.2) is 30.5 Å². The molecule has 0 amide bonds. The van der Waals surface area contributed by atoms with Gasteiger partial charge in [0.05, 0.1) is 0 Å². The summed E-state index contributed by atoms with van der Waals surface area (Å²) in [4.78, 5) is 1.19. The molecule has 0 bridgehead atoms. The molecule has 1 aromatic carbocycles. The number of anilines is 1. The van der Waals surface area contributed by atoms with E-state index in [0.717, 1.165) is 0 Å². The first-order chi connectivity index (χ1) is 9.84. The summed E-state index contributed by atoms with van der Waals surface area (Å²) in [7, 11) is -2.60. The van der Waals surface area contributed by atoms with E-state index < -0.39 is 42.0 Å². The fourth-order valence-corrected chi connectivity index (χ4v) is 1.96. The van der Waals surface area contributed by atoms with E-state index in [4.69, 9.17) is 10.0 Å². The number of rotatable bonds is 7. The first-order valence-corrected chi connectivity index (χ1v) is 6.48. The van der Waals surface area contributed by atoms with Gasteiger partial charge in [0.2, 0.25) is 11.6 Å². The highest BCUT2D eigenvalue weighted by atomic mass is 19.2. The Morgan fingerprint density at radius 1 is 0.905 bits per heavy atom. The van der Waals surface area contributed by atoms with Gasteiger partial charge < -0.3 is 19.6 Å². The molecule has 1 rings (SSSR count). The van der Waals surface area contributed by atoms with Crippen LogP contribution in [0.25, 0.3) is 0 Å². The highest BCUT2D eigenvalue weighted by Gasteiger charge is 2.31. The van der Waals surface area contributed by atoms with E-state index in [9.17, 15) is 17.6 Å². The Kier molecular flexibility index (Phi) is 6.29. The summed E-state index contributed by atoms with van der Waals surface area (Å²) < 4.78 is 59.4. The van der Waals surface area contributed by atoms with Crippen molar-refractivity contribution in [3.63, 3.8) is 0 Å². The molecule has 9 heteroatoms. The molecule has 0 unspecified atom stereocenters. The summed E-state index contributed by atoms with van der Waals surface area (Å²) in [6, 6.07) is 0. The second-order valence-corrected chi connectivity index (χ2v) is 4.36. The van der Waals surface area contributed by atoms with Gasteiger partial charge in [0.15, 0.2) is 17.4 Å². The molecule has 118 valence electrons. The lowest BCUT2D eigenvalue weighted by Gasteiger charge is -2.25. The van der Waals surface area contributed by atoms with Crippen molar-refractivity contribution in [2.45, 2.75) is 26.7 Å². The molecule has 0 radical (unpaired) electrons. The van der Waals surface area contributed by atoms with E-state index in [0.29, 0.717) is 12.8 Å². The van der Waals surface area contributed by atoms with Crippen LogP contribution in [0.15, 0.2) is 0 Å². The summed E-state index contributed by atoms with van der Waals surface area (Å²) in [5, 5.41) is 17.1. The molecule has 0 aliphatic carbocycles. The highest BCUT2D eigenvalue weighted by Crippen LogP contribution is 2.35. The van der Waals surface area contributed by atoms with Gasteiger partial charge in [-0.3, -0.25) is 0 Å². The zero-order valence-corrected chi connectivity index (χ0v) is 11.7. The number of hydrogen-bond acceptors (Lipinski definition) is 4. The van der Waals surface area contributed by atoms with Gasteiger partial charge in [-0.25, -0.2) is 8.78 Å². The summed E-state index contributed by atoms with van der Waals surface area (Å²) in [6.07, 6.45) is 1.05. The fourth-order valence-electron chi connectivity index (χ4n) is 1.96. The summed E-state index contributed by atoms with van der Waals surface area (Å²) >= 11 is 0. The van der Waals surface area contributed by atoms with Gasteiger partial charge in [-0.05, 0) is 12.8 Å². The van der Waals surface area contributed by atoms with E-state index in [1.165, 1.54) is 4.90 Å². The van der Waals surface area contributed by atoms with Crippen molar-refractivity contribution in [1.82, 2.24) is 0 Å². The summed E-state index contributed by atoms with van der Waals surface area (Å²) in [6.45, 7) is 3.93. The van der Waals surface area contributed by atoms with Crippen molar-refractivity contribution in [2.24, 2.45) is 0 Å². The third kappa shape index (κ3) is 3.79. The second-order valence-electron chi connectivity index (χ2n) is 4.36. The van der Waals surface area contributed by atoms with Crippen LogP contribution in [-0.2, 0) is 0 Å². The molecular formula is C12H16BF4NO3. The standard InChI is InChI=1S/C12H16BF4NO3/c1-3-5-18(6-4-2)11-7(14)9(16)12(21-13(19)20)10(17)8(11)15/h19-20H,3-6H2,1-2H3. The average Bonchev–Trinajstić information content (AvgIpc) is 2.42. The van der Waals surface area contributed by atoms with Crippen molar-refractivity contribution in [1.29, 1.82) is 0 Å². The van der Waals surface area contributed by atoms with Crippen molar-refractivity contribution in [3.05, 3.63) is 23.3 Å². The normalized spacial score (nSPS) is 10.7. The molecule has 0 saturated heterocycles. The number of hydrogen-bond donors (Lipinski definition) is 2. The molecule has 1 aromatic rings. The number of halogens is 4. The minimum atomic E-state index is -2.60. The lowest BCUT2D eigenvalue weighted by molar-refractivity contribution is 0.268. The van der Waals surface area contributed by atoms with Crippen LogP contribution in [0.4, 0.5) is 23.2 Å². The third-order valence-corrected chi connectivity index (χ3v) is 2.73. The van der Waals surface area contributed by atoms with Gasteiger partial charge in [-0.15, -0.1) is 0 Å². The zero-order chi connectivity index (χ0) is 16.2. The Hall–Kier alpha value is -1.48. The lowest BCUT2D eigenvalue weighted by atomic mass is 10.2. The van der Waals surface area contributed by atoms with E-state index in [1.807, 2.05) is 0 Å². The molecule has 21 heavy (non-hydrogen) atoms. The molecule has 2 N–H and O–H groups in total. The maximum atomic E-state index is 14.0. The lowest BCUT2D eigenvalue weighted by Crippen LogP contribution is -2.29. The molecule has 0 aromatic heterocycles. The van der Waals surface area contributed by atoms with Crippen LogP contribution in [0, 0.1) is 23.3 Å². The Bertz CT molecular complexity index is 467. The van der Waals surface area contributed by atoms with Crippen molar-refractivity contribution in [3.8, 4) is 5.75 Å². The van der Waals surface area contributed by atoms with Crippen LogP contribution < -0.4 is 9.55 Å². The van der Waals surface area contributed by atoms with Crippen LogP contribution in [0.2, 0.25) is 0 Å². The van der Waals surface area contributed by atoms with E-state index in [1.54, 1.807) is 13.8 Å². The van der Waals surface area contributed by atoms with Gasteiger partial charge in [-0.2, -0.15) is 8.78 Å². The van der Waals surface area contributed by atoms with Crippen LogP contribution in [0.1, 0.15) is 26.7 Å². The first kappa shape index (κ1) is 17.6. The van der Waals surface area contributed by atoms with Crippen molar-refractivity contribution in [2.75, 3.05) is 18.0 Å². The predicted molar refractivity (Wildman–Crippen MR) is 69.9 cm³/mol. The number of benzene rings is 1. The predicted octanol–water partition coefficient (Wildman–Crippen LogP) is 2.22. The number of nitrogens with zero attached hydrogens (tertiary/aromatic N) is 1. The molecule has 4 nitrogen and oxygen atoms in total. The Morgan fingerprint density at radius 3 is 1.67 bits per heavy atom. The molecule has 0 saturated carbocycles. The van der Waals surface area contributed by atoms with Crippen LogP contribution >= 0.6 is 0 Å². The topological polar surface area (TPSA) is 52.9 Å². The Morgan fingerprint density at radius 2 is 1.33 bits per heavy atom. The SMILES string of the molecule is CCCN(CCC)c1c(F)c(F)c(OB(O)O)c(F)c1F. The minimum Gasteiger partial charge on any atom is -0.507 e. The maximum absolute atomic E-state index is 14.0. The van der Waals surface area contributed by atoms with Crippen molar-refractivity contribution >= 4 is 13.0 Å². The van der Waals surface area contributed by atoms with Crippen molar-refractivity contribution < 1.29 is 32.3 Å². The molecule has 0 aliphatic heterocycles. The van der Waals surface area contributed by atoms with E-state index >= 15 is 0 Å². The molecule has 0 spiro atoms. The quantitative estimate of drug-likeness (QED) is 0.461. The molecule has 0 atom stereocenters. The first-order valence-electron chi connectivity index (χ1n) is 6.48. The molecular weight excluding hydrogens is 293 g/mol. The van der Waals surface area contributed by atoms with Gasteiger partial charge in [-0.1, -0.05) is 13.8 Å². The smallest absolute Gasteiger partial charge is 0.507 e. The second kappa shape index (κ2) is 7.51. The summed E-state index contributed by atoms with van der Waals surface area (Å²) in [5.74, 6) is -8.39. The molecule has 0 fully saturated rings. The third-order valence-electron chi connectivity index (χ3n) is 2.73. The van der Waals surface area contributed by atoms with Gasteiger partial charge in [0, 0.05) is 13.1 Å².